The van der Waals surface area contributed by atoms with Gasteiger partial charge in [-0.2, -0.15) is 0 Å². The first-order chi connectivity index (χ1) is 17.5. The quantitative estimate of drug-likeness (QED) is 0.210. The Hall–Kier alpha value is -3.78. The van der Waals surface area contributed by atoms with Crippen molar-refractivity contribution in [2.45, 2.75) is 39.0 Å². The summed E-state index contributed by atoms with van der Waals surface area (Å²) in [6, 6.07) is 36.2. The second kappa shape index (κ2) is 10.5. The van der Waals surface area contributed by atoms with Crippen molar-refractivity contribution >= 4 is 21.5 Å². The van der Waals surface area contributed by atoms with E-state index in [0.29, 0.717) is 13.2 Å². The van der Waals surface area contributed by atoms with Gasteiger partial charge in [0.1, 0.15) is 11.5 Å². The van der Waals surface area contributed by atoms with Gasteiger partial charge in [-0.25, -0.2) is 0 Å². The van der Waals surface area contributed by atoms with E-state index in [-0.39, 0.29) is 5.41 Å². The van der Waals surface area contributed by atoms with Gasteiger partial charge >= 0.3 is 0 Å². The van der Waals surface area contributed by atoms with Gasteiger partial charge in [0.15, 0.2) is 0 Å². The molecule has 0 fully saturated rings. The molecule has 0 aliphatic heterocycles. The first kappa shape index (κ1) is 23.9. The van der Waals surface area contributed by atoms with Gasteiger partial charge in [0.25, 0.3) is 0 Å². The zero-order valence-electron chi connectivity index (χ0n) is 21.5. The summed E-state index contributed by atoms with van der Waals surface area (Å²) in [5.74, 6) is 1.88. The smallest absolute Gasteiger partial charge is 0.135 e. The Labute approximate surface area is 214 Å². The minimum absolute atomic E-state index is 0.0372. The summed E-state index contributed by atoms with van der Waals surface area (Å²) in [6.45, 7) is 8.00. The minimum Gasteiger partial charge on any atom is -0.492 e. The van der Waals surface area contributed by atoms with E-state index in [2.05, 4.69) is 124 Å². The molecule has 2 heteroatoms. The highest BCUT2D eigenvalue weighted by molar-refractivity contribution is 6.11. The van der Waals surface area contributed by atoms with Gasteiger partial charge in [0.2, 0.25) is 0 Å². The minimum atomic E-state index is 0.0372. The van der Waals surface area contributed by atoms with Crippen molar-refractivity contribution in [3.05, 3.63) is 120 Å². The molecule has 0 amide bonds. The summed E-state index contributed by atoms with van der Waals surface area (Å²) in [5, 5.41) is 4.41. The highest BCUT2D eigenvalue weighted by Gasteiger charge is 2.20. The van der Waals surface area contributed by atoms with E-state index < -0.39 is 0 Å². The zero-order valence-corrected chi connectivity index (χ0v) is 21.5. The van der Waals surface area contributed by atoms with E-state index in [1.54, 1.807) is 0 Å². The largest absolute Gasteiger partial charge is 0.492 e. The fraction of sp³-hybridized carbons (Fsp3) is 0.235. The molecule has 2 nitrogen and oxygen atoms in total. The summed E-state index contributed by atoms with van der Waals surface area (Å²) in [5.41, 5.74) is 3.88. The van der Waals surface area contributed by atoms with Crippen LogP contribution in [0.3, 0.4) is 0 Å². The van der Waals surface area contributed by atoms with E-state index in [1.807, 2.05) is 0 Å². The normalized spacial score (nSPS) is 11.6. The van der Waals surface area contributed by atoms with Crippen LogP contribution < -0.4 is 9.47 Å². The van der Waals surface area contributed by atoms with Crippen molar-refractivity contribution in [2.24, 2.45) is 0 Å². The van der Waals surface area contributed by atoms with Gasteiger partial charge in [0.05, 0.1) is 13.2 Å². The Morgan fingerprint density at radius 3 is 1.44 bits per heavy atom. The van der Waals surface area contributed by atoms with Gasteiger partial charge in [-0.15, -0.1) is 0 Å². The molecule has 0 atom stereocenters. The summed E-state index contributed by atoms with van der Waals surface area (Å²) in [4.78, 5) is 0. The number of fused-ring (bicyclic) bond motifs is 2. The molecule has 0 radical (unpaired) electrons. The maximum Gasteiger partial charge on any atom is 0.135 e. The van der Waals surface area contributed by atoms with Crippen molar-refractivity contribution in [3.63, 3.8) is 0 Å². The number of ether oxygens (including phenoxy) is 2. The van der Waals surface area contributed by atoms with E-state index in [4.69, 9.17) is 9.47 Å². The predicted octanol–water partition coefficient (Wildman–Crippen LogP) is 8.53. The highest BCUT2D eigenvalue weighted by atomic mass is 16.5. The molecule has 0 aromatic heterocycles. The molecule has 182 valence electrons. The number of rotatable bonds is 8. The lowest BCUT2D eigenvalue weighted by Gasteiger charge is -2.22. The third kappa shape index (κ3) is 5.23. The summed E-state index contributed by atoms with van der Waals surface area (Å²) >= 11 is 0. The first-order valence-corrected chi connectivity index (χ1v) is 12.8. The Balaban J connectivity index is 1.56. The molecule has 0 unspecified atom stereocenters. The van der Waals surface area contributed by atoms with E-state index >= 15 is 0 Å². The number of hydrogen-bond acceptors (Lipinski definition) is 2. The molecular weight excluding hydrogens is 440 g/mol. The van der Waals surface area contributed by atoms with Gasteiger partial charge in [0, 0.05) is 34.4 Å². The maximum atomic E-state index is 6.58. The summed E-state index contributed by atoms with van der Waals surface area (Å²) in [6.07, 6.45) is 1.73. The molecule has 0 N–H and O–H groups in total. The van der Waals surface area contributed by atoms with Crippen molar-refractivity contribution in [1.29, 1.82) is 0 Å². The van der Waals surface area contributed by atoms with Crippen LogP contribution >= 0.6 is 0 Å². The summed E-state index contributed by atoms with van der Waals surface area (Å²) in [7, 11) is 0. The zero-order chi connectivity index (χ0) is 25.0. The molecule has 0 saturated heterocycles. The van der Waals surface area contributed by atoms with Crippen LogP contribution in [0.5, 0.6) is 11.5 Å². The Kier molecular flexibility index (Phi) is 6.95. The molecule has 0 saturated carbocycles. The highest BCUT2D eigenvalue weighted by Crippen LogP contribution is 2.44. The van der Waals surface area contributed by atoms with Gasteiger partial charge in [-0.1, -0.05) is 118 Å². The van der Waals surface area contributed by atoms with Crippen LogP contribution in [-0.4, -0.2) is 13.2 Å². The third-order valence-corrected chi connectivity index (χ3v) is 6.75. The van der Waals surface area contributed by atoms with Gasteiger partial charge < -0.3 is 9.47 Å². The van der Waals surface area contributed by atoms with Crippen LogP contribution in [0, 0.1) is 0 Å². The molecule has 0 spiro atoms. The van der Waals surface area contributed by atoms with Crippen LogP contribution in [0.15, 0.2) is 103 Å². The topological polar surface area (TPSA) is 18.5 Å². The fourth-order valence-corrected chi connectivity index (χ4v) is 4.71. The second-order valence-electron chi connectivity index (χ2n) is 10.4. The van der Waals surface area contributed by atoms with Crippen molar-refractivity contribution in [1.82, 2.24) is 0 Å². The van der Waals surface area contributed by atoms with Gasteiger partial charge in [-0.05, 0) is 28.2 Å². The maximum absolute atomic E-state index is 6.58. The van der Waals surface area contributed by atoms with Crippen LogP contribution in [0.2, 0.25) is 0 Å². The standard InChI is InChI=1S/C34H34O2/c1-34(2,3)27-18-19-30-31(24-27)33(36-23-21-26-14-8-5-9-15-26)29-17-11-10-16-28(29)32(30)35-22-20-25-12-6-4-7-13-25/h4-19,24H,20-23H2,1-3H3. The first-order valence-electron chi connectivity index (χ1n) is 12.8. The van der Waals surface area contributed by atoms with Crippen LogP contribution in [0.1, 0.15) is 37.5 Å². The molecule has 0 bridgehead atoms. The van der Waals surface area contributed by atoms with E-state index in [1.165, 1.54) is 16.7 Å². The lowest BCUT2D eigenvalue weighted by atomic mass is 9.85. The second-order valence-corrected chi connectivity index (χ2v) is 10.4. The Morgan fingerprint density at radius 2 is 0.944 bits per heavy atom. The van der Waals surface area contributed by atoms with E-state index in [9.17, 15) is 0 Å². The van der Waals surface area contributed by atoms with E-state index in [0.717, 1.165) is 45.9 Å². The van der Waals surface area contributed by atoms with Crippen molar-refractivity contribution < 1.29 is 9.47 Å². The van der Waals surface area contributed by atoms with Crippen LogP contribution in [-0.2, 0) is 18.3 Å². The Bertz CT molecular complexity index is 1450. The third-order valence-electron chi connectivity index (χ3n) is 6.75. The number of benzene rings is 5. The molecule has 0 heterocycles. The average Bonchev–Trinajstić information content (AvgIpc) is 2.90. The monoisotopic (exact) mass is 474 g/mol. The molecule has 36 heavy (non-hydrogen) atoms. The average molecular weight is 475 g/mol. The molecular formula is C34H34O2. The van der Waals surface area contributed by atoms with Crippen LogP contribution in [0.4, 0.5) is 0 Å². The van der Waals surface area contributed by atoms with Gasteiger partial charge in [-0.3, -0.25) is 0 Å². The number of hydrogen-bond donors (Lipinski definition) is 0. The molecule has 5 aromatic rings. The molecule has 0 aliphatic rings. The lowest BCUT2D eigenvalue weighted by Crippen LogP contribution is -2.11. The SMILES string of the molecule is CC(C)(C)c1ccc2c(OCCc3ccccc3)c3ccccc3c(OCCc3ccccc3)c2c1. The molecule has 5 aromatic carbocycles. The summed E-state index contributed by atoms with van der Waals surface area (Å²) < 4.78 is 13.1. The predicted molar refractivity (Wildman–Crippen MR) is 151 cm³/mol. The fourth-order valence-electron chi connectivity index (χ4n) is 4.71. The Morgan fingerprint density at radius 1 is 0.500 bits per heavy atom. The van der Waals surface area contributed by atoms with Crippen molar-refractivity contribution in [3.8, 4) is 11.5 Å². The lowest BCUT2D eigenvalue weighted by molar-refractivity contribution is 0.324. The van der Waals surface area contributed by atoms with Crippen molar-refractivity contribution in [2.75, 3.05) is 13.2 Å². The molecule has 5 rings (SSSR count). The molecule has 0 aliphatic carbocycles. The van der Waals surface area contributed by atoms with Crippen LogP contribution in [0.25, 0.3) is 21.5 Å².